The van der Waals surface area contributed by atoms with E-state index in [-0.39, 0.29) is 11.5 Å². The maximum Gasteiger partial charge on any atom is 0.329 e. The first-order valence-electron chi connectivity index (χ1n) is 10.3. The molecular weight excluding hydrogens is 402 g/mol. The quantitative estimate of drug-likeness (QED) is 0.472. The summed E-state index contributed by atoms with van der Waals surface area (Å²) in [6.45, 7) is 6.55. The minimum Gasteiger partial charge on any atom is -0.342 e. The zero-order valence-corrected chi connectivity index (χ0v) is 18.4. The van der Waals surface area contributed by atoms with Crippen LogP contribution in [0, 0.1) is 12.8 Å². The second kappa shape index (κ2) is 8.63. The van der Waals surface area contributed by atoms with Crippen LogP contribution in [0.4, 0.5) is 5.95 Å². The average Bonchev–Trinajstić information content (AvgIpc) is 3.11. The van der Waals surface area contributed by atoms with Crippen LogP contribution in [0.1, 0.15) is 31.9 Å². The second-order valence-electron chi connectivity index (χ2n) is 7.96. The maximum atomic E-state index is 12.7. The molecule has 0 saturated carbocycles. The number of thioether (sulfide) groups is 1. The van der Waals surface area contributed by atoms with Crippen LogP contribution in [-0.4, -0.2) is 47.9 Å². The van der Waals surface area contributed by atoms with E-state index in [1.54, 1.807) is 25.0 Å². The number of aromatic nitrogens is 6. The topological polar surface area (TPSA) is 102 Å². The summed E-state index contributed by atoms with van der Waals surface area (Å²) < 4.78 is 3.40. The summed E-state index contributed by atoms with van der Waals surface area (Å²) in [6, 6.07) is 1.88. The van der Waals surface area contributed by atoms with E-state index in [2.05, 4.69) is 26.8 Å². The number of nitrogens with zero attached hydrogens (tertiary/aromatic N) is 6. The average molecular weight is 430 g/mol. The predicted octanol–water partition coefficient (Wildman–Crippen LogP) is 1.94. The fraction of sp³-hybridized carbons (Fsp3) is 0.550. The number of hydrogen-bond donors (Lipinski definition) is 1. The summed E-state index contributed by atoms with van der Waals surface area (Å²) in [5.41, 5.74) is 1.02. The third-order valence-corrected chi connectivity index (χ3v) is 6.58. The van der Waals surface area contributed by atoms with Gasteiger partial charge in [0.05, 0.1) is 0 Å². The van der Waals surface area contributed by atoms with Crippen molar-refractivity contribution in [2.24, 2.45) is 13.0 Å². The van der Waals surface area contributed by atoms with Crippen molar-refractivity contribution in [2.45, 2.75) is 44.8 Å². The van der Waals surface area contributed by atoms with Gasteiger partial charge >= 0.3 is 5.69 Å². The van der Waals surface area contributed by atoms with Crippen molar-refractivity contribution in [3.05, 3.63) is 38.8 Å². The minimum absolute atomic E-state index is 0.247. The third-order valence-electron chi connectivity index (χ3n) is 5.39. The van der Waals surface area contributed by atoms with E-state index in [0.29, 0.717) is 17.7 Å². The van der Waals surface area contributed by atoms with Crippen molar-refractivity contribution < 1.29 is 0 Å². The highest BCUT2D eigenvalue weighted by atomic mass is 32.2. The standard InChI is InChI=1S/C20H27N7O2S/c1-13(12-30-18-21-8-7-14(2)22-18)11-27-15-16(25(3)20(29)24-17(15)28)23-19(27)26-9-5-4-6-10-26/h7-8,13H,4-6,9-12H2,1-3H3,(H,24,28,29). The van der Waals surface area contributed by atoms with Crippen molar-refractivity contribution >= 4 is 28.9 Å². The molecule has 0 aromatic carbocycles. The molecule has 0 amide bonds. The van der Waals surface area contributed by atoms with Crippen LogP contribution in [-0.2, 0) is 13.6 Å². The molecule has 1 aliphatic heterocycles. The molecule has 10 heteroatoms. The molecule has 1 saturated heterocycles. The van der Waals surface area contributed by atoms with Gasteiger partial charge in [0.25, 0.3) is 5.56 Å². The van der Waals surface area contributed by atoms with E-state index in [9.17, 15) is 9.59 Å². The van der Waals surface area contributed by atoms with Crippen LogP contribution in [0.2, 0.25) is 0 Å². The molecule has 0 radical (unpaired) electrons. The first-order chi connectivity index (χ1) is 14.4. The van der Waals surface area contributed by atoms with Crippen LogP contribution in [0.25, 0.3) is 11.2 Å². The van der Waals surface area contributed by atoms with Gasteiger partial charge in [0, 0.05) is 44.3 Å². The molecule has 1 N–H and O–H groups in total. The molecule has 4 heterocycles. The minimum atomic E-state index is -0.442. The number of fused-ring (bicyclic) bond motifs is 1. The van der Waals surface area contributed by atoms with E-state index in [1.165, 1.54) is 11.0 Å². The lowest BCUT2D eigenvalue weighted by atomic mass is 10.1. The molecule has 4 rings (SSSR count). The normalized spacial score (nSPS) is 15.6. The molecule has 1 unspecified atom stereocenters. The van der Waals surface area contributed by atoms with Gasteiger partial charge in [-0.1, -0.05) is 18.7 Å². The molecule has 1 atom stereocenters. The number of aromatic amines is 1. The van der Waals surface area contributed by atoms with Gasteiger partial charge in [-0.15, -0.1) is 0 Å². The molecule has 0 bridgehead atoms. The molecule has 0 aliphatic carbocycles. The van der Waals surface area contributed by atoms with E-state index in [4.69, 9.17) is 4.98 Å². The number of hydrogen-bond acceptors (Lipinski definition) is 7. The summed E-state index contributed by atoms with van der Waals surface area (Å²) in [7, 11) is 1.65. The summed E-state index contributed by atoms with van der Waals surface area (Å²) in [6.07, 6.45) is 5.19. The number of nitrogens with one attached hydrogen (secondary N) is 1. The summed E-state index contributed by atoms with van der Waals surface area (Å²) in [5.74, 6) is 1.84. The van der Waals surface area contributed by atoms with E-state index < -0.39 is 5.69 Å². The second-order valence-corrected chi connectivity index (χ2v) is 8.94. The van der Waals surface area contributed by atoms with E-state index >= 15 is 0 Å². The van der Waals surface area contributed by atoms with Crippen molar-refractivity contribution in [3.63, 3.8) is 0 Å². The van der Waals surface area contributed by atoms with Gasteiger partial charge in [-0.25, -0.2) is 14.8 Å². The maximum absolute atomic E-state index is 12.7. The third kappa shape index (κ3) is 4.14. The zero-order chi connectivity index (χ0) is 21.3. The molecule has 160 valence electrons. The van der Waals surface area contributed by atoms with Gasteiger partial charge in [0.1, 0.15) is 0 Å². The Morgan fingerprint density at radius 3 is 2.70 bits per heavy atom. The van der Waals surface area contributed by atoms with Gasteiger partial charge in [0.2, 0.25) is 5.95 Å². The Morgan fingerprint density at radius 2 is 1.97 bits per heavy atom. The summed E-state index contributed by atoms with van der Waals surface area (Å²) >= 11 is 1.61. The summed E-state index contributed by atoms with van der Waals surface area (Å²) in [5, 5.41) is 0.758. The predicted molar refractivity (Wildman–Crippen MR) is 118 cm³/mol. The van der Waals surface area contributed by atoms with Crippen LogP contribution < -0.4 is 16.1 Å². The highest BCUT2D eigenvalue weighted by Gasteiger charge is 2.24. The van der Waals surface area contributed by atoms with Gasteiger partial charge in [-0.3, -0.25) is 14.3 Å². The summed E-state index contributed by atoms with van der Waals surface area (Å²) in [4.78, 5) is 42.9. The molecule has 1 fully saturated rings. The smallest absolute Gasteiger partial charge is 0.329 e. The van der Waals surface area contributed by atoms with Crippen molar-refractivity contribution in [3.8, 4) is 0 Å². The molecule has 3 aromatic rings. The lowest BCUT2D eigenvalue weighted by molar-refractivity contribution is 0.514. The first kappa shape index (κ1) is 20.6. The molecule has 30 heavy (non-hydrogen) atoms. The number of aryl methyl sites for hydroxylation is 2. The van der Waals surface area contributed by atoms with E-state index in [1.807, 2.05) is 17.6 Å². The van der Waals surface area contributed by atoms with E-state index in [0.717, 1.165) is 48.5 Å². The van der Waals surface area contributed by atoms with Crippen LogP contribution >= 0.6 is 11.8 Å². The van der Waals surface area contributed by atoms with Gasteiger partial charge in [0.15, 0.2) is 16.3 Å². The van der Waals surface area contributed by atoms with Crippen molar-refractivity contribution in [2.75, 3.05) is 23.7 Å². The van der Waals surface area contributed by atoms with Crippen LogP contribution in [0.5, 0.6) is 0 Å². The van der Waals surface area contributed by atoms with Gasteiger partial charge in [-0.05, 0) is 38.2 Å². The lowest BCUT2D eigenvalue weighted by Gasteiger charge is -2.28. The zero-order valence-electron chi connectivity index (χ0n) is 17.6. The Balaban J connectivity index is 1.66. The van der Waals surface area contributed by atoms with Gasteiger partial charge < -0.3 is 9.47 Å². The van der Waals surface area contributed by atoms with Crippen molar-refractivity contribution in [1.82, 2.24) is 29.1 Å². The number of piperidine rings is 1. The molecule has 9 nitrogen and oxygen atoms in total. The highest BCUT2D eigenvalue weighted by Crippen LogP contribution is 2.25. The number of H-pyrrole nitrogens is 1. The molecule has 1 aliphatic rings. The Morgan fingerprint density at radius 1 is 1.20 bits per heavy atom. The monoisotopic (exact) mass is 429 g/mol. The Kier molecular flexibility index (Phi) is 5.94. The van der Waals surface area contributed by atoms with Crippen molar-refractivity contribution in [1.29, 1.82) is 0 Å². The number of imidazole rings is 1. The Bertz CT molecular complexity index is 1160. The first-order valence-corrected chi connectivity index (χ1v) is 11.3. The SMILES string of the molecule is Cc1ccnc(SCC(C)Cn2c(N3CCCCC3)nc3c2c(=O)[nH]c(=O)n3C)n1. The number of anilines is 1. The highest BCUT2D eigenvalue weighted by molar-refractivity contribution is 7.99. The Labute approximate surface area is 178 Å². The van der Waals surface area contributed by atoms with Gasteiger partial charge in [-0.2, -0.15) is 4.98 Å². The van der Waals surface area contributed by atoms with Crippen LogP contribution in [0.3, 0.4) is 0 Å². The molecule has 0 spiro atoms. The Hall–Kier alpha value is -2.62. The fourth-order valence-electron chi connectivity index (χ4n) is 3.81. The lowest BCUT2D eigenvalue weighted by Crippen LogP contribution is -2.33. The molecular formula is C20H27N7O2S. The molecule has 3 aromatic heterocycles. The fourth-order valence-corrected chi connectivity index (χ4v) is 4.69. The largest absolute Gasteiger partial charge is 0.342 e. The number of rotatable bonds is 6. The van der Waals surface area contributed by atoms with Crippen LogP contribution in [0.15, 0.2) is 27.0 Å².